The van der Waals surface area contributed by atoms with Crippen LogP contribution in [0.1, 0.15) is 99.3 Å². The van der Waals surface area contributed by atoms with Crippen molar-refractivity contribution in [1.82, 2.24) is 0 Å². The van der Waals surface area contributed by atoms with Crippen LogP contribution in [-0.4, -0.2) is 5.78 Å². The Hall–Kier alpha value is -1.11. The second-order valence-electron chi connectivity index (χ2n) is 10.9. The zero-order chi connectivity index (χ0) is 19.1. The van der Waals surface area contributed by atoms with Gasteiger partial charge in [0.1, 0.15) is 0 Å². The molecule has 1 aromatic carbocycles. The highest BCUT2D eigenvalue weighted by Gasteiger charge is 2.61. The minimum Gasteiger partial charge on any atom is -0.295 e. The van der Waals surface area contributed by atoms with Crippen LogP contribution in [0.2, 0.25) is 0 Å². The van der Waals surface area contributed by atoms with E-state index in [1.807, 2.05) is 0 Å². The Balaban J connectivity index is 1.91. The summed E-state index contributed by atoms with van der Waals surface area (Å²) in [7, 11) is 0. The summed E-state index contributed by atoms with van der Waals surface area (Å²) in [6.07, 6.45) is 7.85. The van der Waals surface area contributed by atoms with Crippen LogP contribution in [0.5, 0.6) is 0 Å². The molecule has 0 aliphatic heterocycles. The van der Waals surface area contributed by atoms with E-state index in [0.717, 1.165) is 11.5 Å². The van der Waals surface area contributed by atoms with E-state index in [4.69, 9.17) is 0 Å². The summed E-state index contributed by atoms with van der Waals surface area (Å²) in [5, 5.41) is 0. The second kappa shape index (κ2) is 5.46. The molecule has 0 heterocycles. The molecular formula is C25H36O. The van der Waals surface area contributed by atoms with Crippen molar-refractivity contribution in [1.29, 1.82) is 0 Å². The number of carbonyl (C=O) groups excluding carboxylic acids is 1. The molecule has 1 aromatic rings. The first kappa shape index (κ1) is 18.3. The molecule has 0 N–H and O–H groups in total. The fraction of sp³-hybridized carbons (Fsp3) is 0.720. The largest absolute Gasteiger partial charge is 0.295 e. The van der Waals surface area contributed by atoms with E-state index in [2.05, 4.69) is 47.6 Å². The normalized spacial score (nSPS) is 37.7. The summed E-state index contributed by atoms with van der Waals surface area (Å²) in [6, 6.07) is 2.18. The van der Waals surface area contributed by atoms with Gasteiger partial charge in [0.2, 0.25) is 0 Å². The number of hydrogen-bond donors (Lipinski definition) is 0. The standard InChI is InChI=1S/C25H36O/c1-15-13-19(17(3)26)22-18(16(15)2)14-21-24(6)11-8-10-23(4,5)20(24)9-12-25(21,22)7/h13,20-21H,8-12,14H2,1-7H3/t20?,21-,24+,25-/m1/s1. The number of fused-ring (bicyclic) bond motifs is 5. The molecule has 1 unspecified atom stereocenters. The van der Waals surface area contributed by atoms with Gasteiger partial charge in [-0.2, -0.15) is 0 Å². The molecule has 4 rings (SSSR count). The first-order valence-electron chi connectivity index (χ1n) is 10.7. The smallest absolute Gasteiger partial charge is 0.160 e. The predicted molar refractivity (Wildman–Crippen MR) is 109 cm³/mol. The third kappa shape index (κ3) is 2.18. The zero-order valence-electron chi connectivity index (χ0n) is 17.9. The van der Waals surface area contributed by atoms with Crippen LogP contribution >= 0.6 is 0 Å². The lowest BCUT2D eigenvalue weighted by atomic mass is 9.43. The van der Waals surface area contributed by atoms with E-state index in [9.17, 15) is 4.79 Å². The summed E-state index contributed by atoms with van der Waals surface area (Å²) < 4.78 is 0. The Morgan fingerprint density at radius 3 is 2.38 bits per heavy atom. The Bertz CT molecular complexity index is 786. The number of aryl methyl sites for hydroxylation is 1. The third-order valence-corrected chi connectivity index (χ3v) is 9.13. The van der Waals surface area contributed by atoms with Gasteiger partial charge in [-0.05, 0) is 109 Å². The van der Waals surface area contributed by atoms with Gasteiger partial charge in [-0.1, -0.05) is 34.1 Å². The SMILES string of the molecule is CC(=O)c1cc(C)c(C)c2c1[C@]1(C)CCC3C(C)(C)CCC[C@]3(C)[C@H]1C2. The molecule has 0 radical (unpaired) electrons. The van der Waals surface area contributed by atoms with Crippen LogP contribution in [0.4, 0.5) is 0 Å². The molecular weight excluding hydrogens is 316 g/mol. The summed E-state index contributed by atoms with van der Waals surface area (Å²) in [5.41, 5.74) is 7.74. The lowest BCUT2D eigenvalue weighted by Gasteiger charge is -2.61. The van der Waals surface area contributed by atoms with Gasteiger partial charge < -0.3 is 0 Å². The van der Waals surface area contributed by atoms with Crippen LogP contribution in [0.25, 0.3) is 0 Å². The highest BCUT2D eigenvalue weighted by Crippen LogP contribution is 2.68. The molecule has 1 heteroatoms. The quantitative estimate of drug-likeness (QED) is 0.523. The van der Waals surface area contributed by atoms with Gasteiger partial charge in [0.05, 0.1) is 0 Å². The average molecular weight is 353 g/mol. The molecule has 0 spiro atoms. The van der Waals surface area contributed by atoms with Crippen molar-refractivity contribution >= 4 is 5.78 Å². The molecule has 3 aliphatic rings. The Labute approximate surface area is 160 Å². The molecule has 0 aromatic heterocycles. The Morgan fingerprint density at radius 2 is 1.73 bits per heavy atom. The van der Waals surface area contributed by atoms with Crippen molar-refractivity contribution in [2.45, 2.75) is 92.4 Å². The van der Waals surface area contributed by atoms with Crippen LogP contribution < -0.4 is 0 Å². The molecule has 26 heavy (non-hydrogen) atoms. The maximum atomic E-state index is 12.6. The lowest BCUT2D eigenvalue weighted by molar-refractivity contribution is -0.0983. The van der Waals surface area contributed by atoms with E-state index in [0.29, 0.717) is 16.7 Å². The Morgan fingerprint density at radius 1 is 1.04 bits per heavy atom. The van der Waals surface area contributed by atoms with Crippen molar-refractivity contribution in [2.75, 3.05) is 0 Å². The Kier molecular flexibility index (Phi) is 3.83. The third-order valence-electron chi connectivity index (χ3n) is 9.13. The van der Waals surface area contributed by atoms with Gasteiger partial charge in [-0.25, -0.2) is 0 Å². The average Bonchev–Trinajstić information content (AvgIpc) is 2.85. The molecule has 0 amide bonds. The second-order valence-corrected chi connectivity index (χ2v) is 10.9. The molecule has 142 valence electrons. The molecule has 0 saturated heterocycles. The van der Waals surface area contributed by atoms with Crippen LogP contribution in [0.3, 0.4) is 0 Å². The maximum Gasteiger partial charge on any atom is 0.160 e. The van der Waals surface area contributed by atoms with Gasteiger partial charge in [-0.3, -0.25) is 4.79 Å². The van der Waals surface area contributed by atoms with Crippen LogP contribution in [-0.2, 0) is 11.8 Å². The van der Waals surface area contributed by atoms with Crippen molar-refractivity contribution in [3.05, 3.63) is 33.9 Å². The highest BCUT2D eigenvalue weighted by atomic mass is 16.1. The van der Waals surface area contributed by atoms with Gasteiger partial charge >= 0.3 is 0 Å². The zero-order valence-corrected chi connectivity index (χ0v) is 17.9. The van der Waals surface area contributed by atoms with Crippen molar-refractivity contribution < 1.29 is 4.79 Å². The monoisotopic (exact) mass is 352 g/mol. The van der Waals surface area contributed by atoms with Gasteiger partial charge in [0.15, 0.2) is 5.78 Å². The van der Waals surface area contributed by atoms with E-state index in [-0.39, 0.29) is 11.2 Å². The number of Topliss-reactive ketones (excluding diaryl/α,β-unsaturated/α-hetero) is 1. The highest BCUT2D eigenvalue weighted by molar-refractivity contribution is 5.97. The topological polar surface area (TPSA) is 17.1 Å². The summed E-state index contributed by atoms with van der Waals surface area (Å²) >= 11 is 0. The number of hydrogen-bond acceptors (Lipinski definition) is 1. The first-order valence-corrected chi connectivity index (χ1v) is 10.7. The van der Waals surface area contributed by atoms with E-state index >= 15 is 0 Å². The van der Waals surface area contributed by atoms with Gasteiger partial charge in [0.25, 0.3) is 0 Å². The van der Waals surface area contributed by atoms with Gasteiger partial charge in [0, 0.05) is 5.56 Å². The molecule has 0 bridgehead atoms. The van der Waals surface area contributed by atoms with Gasteiger partial charge in [-0.15, -0.1) is 0 Å². The molecule has 2 saturated carbocycles. The van der Waals surface area contributed by atoms with Crippen molar-refractivity contribution in [3.63, 3.8) is 0 Å². The summed E-state index contributed by atoms with van der Waals surface area (Å²) in [4.78, 5) is 12.6. The molecule has 1 nitrogen and oxygen atoms in total. The number of ketones is 1. The maximum absolute atomic E-state index is 12.6. The van der Waals surface area contributed by atoms with Crippen LogP contribution in [0.15, 0.2) is 6.07 Å². The minimum atomic E-state index is 0.174. The number of benzene rings is 1. The molecule has 4 atom stereocenters. The van der Waals surface area contributed by atoms with E-state index in [1.165, 1.54) is 60.8 Å². The summed E-state index contributed by atoms with van der Waals surface area (Å²) in [5.74, 6) is 1.75. The van der Waals surface area contributed by atoms with E-state index < -0.39 is 0 Å². The fourth-order valence-corrected chi connectivity index (χ4v) is 7.78. The van der Waals surface area contributed by atoms with Crippen molar-refractivity contribution in [3.8, 4) is 0 Å². The summed E-state index contributed by atoms with van der Waals surface area (Å²) in [6.45, 7) is 16.3. The minimum absolute atomic E-state index is 0.174. The molecule has 3 aliphatic carbocycles. The lowest BCUT2D eigenvalue weighted by Crippen LogP contribution is -2.55. The van der Waals surface area contributed by atoms with Crippen LogP contribution in [0, 0.1) is 36.5 Å². The number of carbonyl (C=O) groups is 1. The van der Waals surface area contributed by atoms with E-state index in [1.54, 1.807) is 6.92 Å². The molecule has 2 fully saturated rings. The predicted octanol–water partition coefficient (Wildman–Crippen LogP) is 6.56. The van der Waals surface area contributed by atoms with Crippen molar-refractivity contribution in [2.24, 2.45) is 22.7 Å². The number of rotatable bonds is 1. The fourth-order valence-electron chi connectivity index (χ4n) is 7.78. The first-order chi connectivity index (χ1) is 12.0.